The average Bonchev–Trinajstić information content (AvgIpc) is 3.21. The van der Waals surface area contributed by atoms with Gasteiger partial charge in [0, 0.05) is 45.8 Å². The summed E-state index contributed by atoms with van der Waals surface area (Å²) in [5, 5.41) is 7.06. The highest BCUT2D eigenvalue weighted by atomic mass is 15.2. The molecule has 0 aliphatic carbocycles. The van der Waals surface area contributed by atoms with Crippen LogP contribution in [0.3, 0.4) is 0 Å². The van der Waals surface area contributed by atoms with Gasteiger partial charge in [-0.2, -0.15) is 0 Å². The molecule has 0 bridgehead atoms. The lowest BCUT2D eigenvalue weighted by Crippen LogP contribution is -2.42. The number of aliphatic imine (C=N–C) groups is 1. The average molecular weight is 400 g/mol. The van der Waals surface area contributed by atoms with E-state index in [4.69, 9.17) is 0 Å². The molecule has 2 unspecified atom stereocenters. The Balaban J connectivity index is 1.26. The second-order valence-electron chi connectivity index (χ2n) is 8.81. The van der Waals surface area contributed by atoms with Crippen molar-refractivity contribution in [2.75, 3.05) is 52.9 Å². The molecule has 162 valence electrons. The summed E-state index contributed by atoms with van der Waals surface area (Å²) in [6.07, 6.45) is 7.75. The molecular formula is C24H41N5. The Hall–Kier alpha value is -1.59. The molecule has 3 rings (SSSR count). The molecule has 1 aromatic carbocycles. The second-order valence-corrected chi connectivity index (χ2v) is 8.81. The van der Waals surface area contributed by atoms with Crippen molar-refractivity contribution in [2.24, 2.45) is 10.9 Å². The number of likely N-dealkylation sites (tertiary alicyclic amines) is 2. The van der Waals surface area contributed by atoms with Gasteiger partial charge in [-0.1, -0.05) is 36.8 Å². The maximum Gasteiger partial charge on any atom is 0.190 e. The first-order chi connectivity index (χ1) is 14.2. The maximum atomic E-state index is 4.41. The summed E-state index contributed by atoms with van der Waals surface area (Å²) in [4.78, 5) is 9.66. The molecule has 5 heteroatoms. The first kappa shape index (κ1) is 22.1. The minimum Gasteiger partial charge on any atom is -0.356 e. The number of nitrogens with one attached hydrogen (secondary N) is 2. The van der Waals surface area contributed by atoms with E-state index >= 15 is 0 Å². The molecular weight excluding hydrogens is 358 g/mol. The fourth-order valence-corrected chi connectivity index (χ4v) is 4.65. The van der Waals surface area contributed by atoms with Gasteiger partial charge in [0.15, 0.2) is 5.96 Å². The minimum absolute atomic E-state index is 0.721. The van der Waals surface area contributed by atoms with Gasteiger partial charge in [0.2, 0.25) is 0 Å². The van der Waals surface area contributed by atoms with Gasteiger partial charge in [-0.25, -0.2) is 0 Å². The molecule has 5 nitrogen and oxygen atoms in total. The molecule has 0 amide bonds. The molecule has 29 heavy (non-hydrogen) atoms. The van der Waals surface area contributed by atoms with Gasteiger partial charge in [-0.15, -0.1) is 0 Å². The molecule has 2 saturated heterocycles. The van der Waals surface area contributed by atoms with E-state index in [0.717, 1.165) is 37.4 Å². The zero-order valence-corrected chi connectivity index (χ0v) is 18.6. The Labute approximate surface area is 178 Å². The molecule has 0 aromatic heterocycles. The first-order valence-electron chi connectivity index (χ1n) is 11.7. The number of hydrogen-bond acceptors (Lipinski definition) is 3. The Bertz CT molecular complexity index is 603. The highest BCUT2D eigenvalue weighted by Gasteiger charge is 2.22. The van der Waals surface area contributed by atoms with Crippen LogP contribution in [0, 0.1) is 5.92 Å². The predicted molar refractivity (Wildman–Crippen MR) is 124 cm³/mol. The van der Waals surface area contributed by atoms with Crippen molar-refractivity contribution in [3.8, 4) is 0 Å². The molecule has 0 radical (unpaired) electrons. The summed E-state index contributed by atoms with van der Waals surface area (Å²) < 4.78 is 0. The van der Waals surface area contributed by atoms with Crippen LogP contribution in [0.1, 0.15) is 44.6 Å². The smallest absolute Gasteiger partial charge is 0.190 e. The minimum atomic E-state index is 0.721. The van der Waals surface area contributed by atoms with E-state index in [1.165, 1.54) is 70.4 Å². The highest BCUT2D eigenvalue weighted by molar-refractivity contribution is 5.79. The molecule has 0 saturated carbocycles. The number of piperidine rings is 1. The van der Waals surface area contributed by atoms with Crippen molar-refractivity contribution in [1.82, 2.24) is 20.4 Å². The van der Waals surface area contributed by atoms with E-state index in [9.17, 15) is 0 Å². The van der Waals surface area contributed by atoms with Crippen molar-refractivity contribution in [2.45, 2.75) is 51.5 Å². The van der Waals surface area contributed by atoms with Crippen LogP contribution < -0.4 is 10.6 Å². The molecule has 2 aliphatic rings. The lowest BCUT2D eigenvalue weighted by molar-refractivity contribution is 0.159. The fraction of sp³-hybridized carbons (Fsp3) is 0.708. The molecule has 2 heterocycles. The summed E-state index contributed by atoms with van der Waals surface area (Å²) in [6.45, 7) is 10.4. The van der Waals surface area contributed by atoms with Gasteiger partial charge in [-0.3, -0.25) is 4.99 Å². The first-order valence-corrected chi connectivity index (χ1v) is 11.7. The van der Waals surface area contributed by atoms with Crippen molar-refractivity contribution in [3.63, 3.8) is 0 Å². The van der Waals surface area contributed by atoms with Crippen LogP contribution in [0.2, 0.25) is 0 Å². The number of rotatable bonds is 9. The van der Waals surface area contributed by atoms with Crippen molar-refractivity contribution < 1.29 is 0 Å². The third-order valence-electron chi connectivity index (χ3n) is 6.57. The lowest BCUT2D eigenvalue weighted by Gasteiger charge is -2.33. The Morgan fingerprint density at radius 1 is 1.07 bits per heavy atom. The highest BCUT2D eigenvalue weighted by Crippen LogP contribution is 2.17. The Kier molecular flexibility index (Phi) is 9.29. The van der Waals surface area contributed by atoms with Crippen molar-refractivity contribution >= 4 is 5.96 Å². The van der Waals surface area contributed by atoms with Crippen LogP contribution >= 0.6 is 0 Å². The lowest BCUT2D eigenvalue weighted by atomic mass is 10.0. The number of hydrogen-bond donors (Lipinski definition) is 2. The van der Waals surface area contributed by atoms with Crippen LogP contribution in [0.4, 0.5) is 0 Å². The summed E-state index contributed by atoms with van der Waals surface area (Å²) in [5.74, 6) is 1.68. The zero-order valence-electron chi connectivity index (χ0n) is 18.6. The van der Waals surface area contributed by atoms with Gasteiger partial charge in [0.05, 0.1) is 0 Å². The van der Waals surface area contributed by atoms with Crippen LogP contribution in [0.5, 0.6) is 0 Å². The Morgan fingerprint density at radius 3 is 2.72 bits per heavy atom. The van der Waals surface area contributed by atoms with E-state index in [1.807, 2.05) is 7.05 Å². The standard InChI is InChI=1S/C24H41N5/c1-21-9-6-7-15-29(21)16-8-14-26-24(25-2)27-19-23-13-18-28(20-23)17-12-22-10-4-3-5-11-22/h3-5,10-11,21,23H,6-9,12-20H2,1-2H3,(H2,25,26,27). The topological polar surface area (TPSA) is 42.9 Å². The van der Waals surface area contributed by atoms with E-state index in [0.29, 0.717) is 0 Å². The molecule has 2 aliphatic heterocycles. The molecule has 2 N–H and O–H groups in total. The van der Waals surface area contributed by atoms with Gasteiger partial charge >= 0.3 is 0 Å². The van der Waals surface area contributed by atoms with Crippen LogP contribution in [-0.4, -0.2) is 74.7 Å². The monoisotopic (exact) mass is 399 g/mol. The van der Waals surface area contributed by atoms with E-state index in [2.05, 4.69) is 62.7 Å². The molecule has 2 fully saturated rings. The predicted octanol–water partition coefficient (Wildman–Crippen LogP) is 2.98. The third-order valence-corrected chi connectivity index (χ3v) is 6.57. The number of nitrogens with zero attached hydrogens (tertiary/aromatic N) is 3. The summed E-state index contributed by atoms with van der Waals surface area (Å²) in [5.41, 5.74) is 1.44. The molecule has 1 aromatic rings. The van der Waals surface area contributed by atoms with Crippen LogP contribution in [-0.2, 0) is 6.42 Å². The van der Waals surface area contributed by atoms with E-state index in [1.54, 1.807) is 0 Å². The number of benzene rings is 1. The van der Waals surface area contributed by atoms with Crippen molar-refractivity contribution in [1.29, 1.82) is 0 Å². The third kappa shape index (κ3) is 7.63. The van der Waals surface area contributed by atoms with Gasteiger partial charge in [0.1, 0.15) is 0 Å². The molecule has 0 spiro atoms. The van der Waals surface area contributed by atoms with E-state index in [-0.39, 0.29) is 0 Å². The van der Waals surface area contributed by atoms with Gasteiger partial charge in [0.25, 0.3) is 0 Å². The van der Waals surface area contributed by atoms with Gasteiger partial charge in [-0.05, 0) is 63.6 Å². The maximum absolute atomic E-state index is 4.41. The second kappa shape index (κ2) is 12.2. The fourth-order valence-electron chi connectivity index (χ4n) is 4.65. The summed E-state index contributed by atoms with van der Waals surface area (Å²) in [6, 6.07) is 11.6. The van der Waals surface area contributed by atoms with Crippen molar-refractivity contribution in [3.05, 3.63) is 35.9 Å². The van der Waals surface area contributed by atoms with Crippen LogP contribution in [0.15, 0.2) is 35.3 Å². The number of guanidine groups is 1. The molecule has 2 atom stereocenters. The quantitative estimate of drug-likeness (QED) is 0.381. The zero-order chi connectivity index (χ0) is 20.3. The Morgan fingerprint density at radius 2 is 1.93 bits per heavy atom. The van der Waals surface area contributed by atoms with Gasteiger partial charge < -0.3 is 20.4 Å². The van der Waals surface area contributed by atoms with E-state index < -0.39 is 0 Å². The van der Waals surface area contributed by atoms with Crippen LogP contribution in [0.25, 0.3) is 0 Å². The summed E-state index contributed by atoms with van der Waals surface area (Å²) in [7, 11) is 1.88. The normalized spacial score (nSPS) is 24.0. The largest absolute Gasteiger partial charge is 0.356 e. The SMILES string of the molecule is CN=C(NCCCN1CCCCC1C)NCC1CCN(CCc2ccccc2)C1. The summed E-state index contributed by atoms with van der Waals surface area (Å²) >= 11 is 0.